The summed E-state index contributed by atoms with van der Waals surface area (Å²) in [5.41, 5.74) is 1.95. The highest BCUT2D eigenvalue weighted by Crippen LogP contribution is 2.22. The Balaban J connectivity index is 0.00000312. The van der Waals surface area contributed by atoms with E-state index >= 15 is 0 Å². The fourth-order valence-electron chi connectivity index (χ4n) is 2.91. The topological polar surface area (TPSA) is 61.4 Å². The second kappa shape index (κ2) is 10.7. The highest BCUT2D eigenvalue weighted by Gasteiger charge is 2.31. The molecule has 2 N–H and O–H groups in total. The van der Waals surface area contributed by atoms with Crippen LogP contribution in [0.5, 0.6) is 0 Å². The molecule has 0 aromatic heterocycles. The van der Waals surface area contributed by atoms with Crippen LogP contribution in [0, 0.1) is 6.92 Å². The van der Waals surface area contributed by atoms with Crippen LogP contribution in [-0.2, 0) is 9.59 Å². The molecule has 25 heavy (non-hydrogen) atoms. The van der Waals surface area contributed by atoms with Gasteiger partial charge in [0, 0.05) is 24.8 Å². The Morgan fingerprint density at radius 1 is 1.32 bits per heavy atom. The fraction of sp³-hybridized carbons (Fsp3) is 0.556. The smallest absolute Gasteiger partial charge is 0.235 e. The minimum Gasteiger partial charge on any atom is -0.337 e. The van der Waals surface area contributed by atoms with Crippen molar-refractivity contribution in [3.8, 4) is 0 Å². The zero-order valence-corrected chi connectivity index (χ0v) is 16.7. The first-order valence-electron chi connectivity index (χ1n) is 8.44. The number of hydrogen-bond donors (Lipinski definition) is 2. The Bertz CT molecular complexity index is 568. The van der Waals surface area contributed by atoms with E-state index in [9.17, 15) is 9.59 Å². The molecule has 2 unspecified atom stereocenters. The van der Waals surface area contributed by atoms with Crippen molar-refractivity contribution in [3.05, 3.63) is 29.8 Å². The SMILES string of the molecule is CNCC1CCCN1C(=O)C(C)SCC(=O)Nc1ccc(C)cc1.Cl. The van der Waals surface area contributed by atoms with E-state index in [2.05, 4.69) is 10.6 Å². The number of amides is 2. The number of anilines is 1. The Kier molecular flexibility index (Phi) is 9.32. The van der Waals surface area contributed by atoms with Crippen molar-refractivity contribution < 1.29 is 9.59 Å². The van der Waals surface area contributed by atoms with Crippen LogP contribution < -0.4 is 10.6 Å². The van der Waals surface area contributed by atoms with E-state index < -0.39 is 0 Å². The molecule has 5 nitrogen and oxygen atoms in total. The molecule has 1 aliphatic heterocycles. The predicted molar refractivity (Wildman–Crippen MR) is 108 cm³/mol. The second-order valence-electron chi connectivity index (χ2n) is 6.25. The van der Waals surface area contributed by atoms with Gasteiger partial charge in [-0.1, -0.05) is 17.7 Å². The number of carbonyl (C=O) groups excluding carboxylic acids is 2. The Labute approximate surface area is 160 Å². The summed E-state index contributed by atoms with van der Waals surface area (Å²) in [6, 6.07) is 7.99. The van der Waals surface area contributed by atoms with Gasteiger partial charge in [-0.15, -0.1) is 24.2 Å². The van der Waals surface area contributed by atoms with Gasteiger partial charge in [0.25, 0.3) is 0 Å². The number of likely N-dealkylation sites (N-methyl/N-ethyl adjacent to an activating group) is 1. The maximum Gasteiger partial charge on any atom is 0.235 e. The van der Waals surface area contributed by atoms with E-state index in [1.54, 1.807) is 0 Å². The first kappa shape index (κ1) is 21.8. The molecule has 0 spiro atoms. The van der Waals surface area contributed by atoms with Crippen molar-refractivity contribution in [2.24, 2.45) is 0 Å². The number of halogens is 1. The number of nitrogens with zero attached hydrogens (tertiary/aromatic N) is 1. The van der Waals surface area contributed by atoms with Crippen LogP contribution in [0.4, 0.5) is 5.69 Å². The summed E-state index contributed by atoms with van der Waals surface area (Å²) in [5.74, 6) is 0.350. The molecule has 2 atom stereocenters. The number of likely N-dealkylation sites (tertiary alicyclic amines) is 1. The zero-order chi connectivity index (χ0) is 17.5. The normalized spacial score (nSPS) is 17.7. The van der Waals surface area contributed by atoms with Gasteiger partial charge in [-0.3, -0.25) is 9.59 Å². The van der Waals surface area contributed by atoms with E-state index in [-0.39, 0.29) is 41.3 Å². The highest BCUT2D eigenvalue weighted by atomic mass is 35.5. The lowest BCUT2D eigenvalue weighted by molar-refractivity contribution is -0.131. The molecule has 1 aliphatic rings. The molecular formula is C18H28ClN3O2S. The lowest BCUT2D eigenvalue weighted by atomic mass is 10.2. The summed E-state index contributed by atoms with van der Waals surface area (Å²) in [6.45, 7) is 5.55. The van der Waals surface area contributed by atoms with Crippen molar-refractivity contribution >= 4 is 41.7 Å². The summed E-state index contributed by atoms with van der Waals surface area (Å²) in [4.78, 5) is 26.6. The van der Waals surface area contributed by atoms with Crippen molar-refractivity contribution in [2.45, 2.75) is 38.0 Å². The minimum atomic E-state index is -0.203. The molecule has 0 saturated carbocycles. The lowest BCUT2D eigenvalue weighted by Crippen LogP contribution is -2.44. The van der Waals surface area contributed by atoms with Gasteiger partial charge in [0.15, 0.2) is 0 Å². The summed E-state index contributed by atoms with van der Waals surface area (Å²) in [6.07, 6.45) is 2.11. The number of thioether (sulfide) groups is 1. The largest absolute Gasteiger partial charge is 0.337 e. The molecule has 0 aliphatic carbocycles. The molecular weight excluding hydrogens is 358 g/mol. The molecule has 2 amide bonds. The molecule has 1 heterocycles. The van der Waals surface area contributed by atoms with E-state index in [1.807, 2.05) is 50.1 Å². The van der Waals surface area contributed by atoms with Crippen LogP contribution in [0.2, 0.25) is 0 Å². The van der Waals surface area contributed by atoms with Gasteiger partial charge in [-0.2, -0.15) is 0 Å². The van der Waals surface area contributed by atoms with Gasteiger partial charge < -0.3 is 15.5 Å². The van der Waals surface area contributed by atoms with Gasteiger partial charge in [0.05, 0.1) is 11.0 Å². The average Bonchev–Trinajstić information content (AvgIpc) is 3.02. The molecule has 2 rings (SSSR count). The van der Waals surface area contributed by atoms with Crippen LogP contribution in [0.3, 0.4) is 0 Å². The first-order chi connectivity index (χ1) is 11.5. The van der Waals surface area contributed by atoms with Gasteiger partial charge in [-0.25, -0.2) is 0 Å². The zero-order valence-electron chi connectivity index (χ0n) is 15.1. The van der Waals surface area contributed by atoms with E-state index in [0.29, 0.717) is 0 Å². The monoisotopic (exact) mass is 385 g/mol. The molecule has 1 saturated heterocycles. The average molecular weight is 386 g/mol. The van der Waals surface area contributed by atoms with Crippen molar-refractivity contribution in [3.63, 3.8) is 0 Å². The maximum absolute atomic E-state index is 12.6. The van der Waals surface area contributed by atoms with Gasteiger partial charge in [0.1, 0.15) is 0 Å². The third kappa shape index (κ3) is 6.53. The molecule has 0 bridgehead atoms. The van der Waals surface area contributed by atoms with Crippen LogP contribution in [0.25, 0.3) is 0 Å². The number of nitrogens with one attached hydrogen (secondary N) is 2. The summed E-state index contributed by atoms with van der Waals surface area (Å²) < 4.78 is 0. The number of benzene rings is 1. The number of rotatable bonds is 7. The molecule has 1 aromatic carbocycles. The Morgan fingerprint density at radius 3 is 2.64 bits per heavy atom. The number of aryl methyl sites for hydroxylation is 1. The van der Waals surface area contributed by atoms with Crippen LogP contribution in [-0.4, -0.2) is 53.9 Å². The molecule has 1 aromatic rings. The summed E-state index contributed by atoms with van der Waals surface area (Å²) in [5, 5.41) is 5.81. The quantitative estimate of drug-likeness (QED) is 0.757. The number of hydrogen-bond acceptors (Lipinski definition) is 4. The van der Waals surface area contributed by atoms with Crippen molar-refractivity contribution in [1.29, 1.82) is 0 Å². The molecule has 7 heteroatoms. The van der Waals surface area contributed by atoms with Crippen molar-refractivity contribution in [2.75, 3.05) is 31.2 Å². The first-order valence-corrected chi connectivity index (χ1v) is 9.49. The van der Waals surface area contributed by atoms with E-state index in [1.165, 1.54) is 11.8 Å². The van der Waals surface area contributed by atoms with Gasteiger partial charge in [-0.05, 0) is 45.9 Å². The van der Waals surface area contributed by atoms with E-state index in [0.717, 1.165) is 37.2 Å². The highest BCUT2D eigenvalue weighted by molar-refractivity contribution is 8.01. The van der Waals surface area contributed by atoms with Crippen LogP contribution in [0.1, 0.15) is 25.3 Å². The van der Waals surface area contributed by atoms with Crippen molar-refractivity contribution in [1.82, 2.24) is 10.2 Å². The minimum absolute atomic E-state index is 0. The summed E-state index contributed by atoms with van der Waals surface area (Å²) >= 11 is 1.40. The lowest BCUT2D eigenvalue weighted by Gasteiger charge is -2.27. The Hall–Kier alpha value is -1.24. The second-order valence-corrected chi connectivity index (χ2v) is 7.58. The van der Waals surface area contributed by atoms with E-state index in [4.69, 9.17) is 0 Å². The number of carbonyl (C=O) groups is 2. The third-order valence-electron chi connectivity index (χ3n) is 4.25. The predicted octanol–water partition coefficient (Wildman–Crippen LogP) is 2.69. The van der Waals surface area contributed by atoms with Gasteiger partial charge in [0.2, 0.25) is 11.8 Å². The molecule has 0 radical (unpaired) electrons. The molecule has 140 valence electrons. The van der Waals surface area contributed by atoms with Crippen LogP contribution in [0.15, 0.2) is 24.3 Å². The Morgan fingerprint density at radius 2 is 2.00 bits per heavy atom. The maximum atomic E-state index is 12.6. The molecule has 1 fully saturated rings. The third-order valence-corrected chi connectivity index (χ3v) is 5.38. The standard InChI is InChI=1S/C18H27N3O2S.ClH/c1-13-6-8-15(9-7-13)20-17(22)12-24-14(2)18(23)21-10-4-5-16(21)11-19-3;/h6-9,14,16,19H,4-5,10-12H2,1-3H3,(H,20,22);1H. The fourth-order valence-corrected chi connectivity index (χ4v) is 3.66. The van der Waals surface area contributed by atoms with Crippen LogP contribution >= 0.6 is 24.2 Å². The van der Waals surface area contributed by atoms with Gasteiger partial charge >= 0.3 is 0 Å². The summed E-state index contributed by atoms with van der Waals surface area (Å²) in [7, 11) is 1.91.